The fraction of sp³-hybridized carbons (Fsp3) is 0.333. The molecule has 5 nitrogen and oxygen atoms in total. The molecule has 0 spiro atoms. The molecule has 0 atom stereocenters. The van der Waals surface area contributed by atoms with Gasteiger partial charge in [-0.05, 0) is 19.1 Å². The van der Waals surface area contributed by atoms with Gasteiger partial charge in [0.1, 0.15) is 0 Å². The summed E-state index contributed by atoms with van der Waals surface area (Å²) in [5.74, 6) is -0.570. The third-order valence-electron chi connectivity index (χ3n) is 2.60. The lowest BCUT2D eigenvalue weighted by Crippen LogP contribution is -2.38. The highest BCUT2D eigenvalue weighted by atomic mass is 35.5. The molecule has 0 heterocycles. The summed E-state index contributed by atoms with van der Waals surface area (Å²) in [7, 11) is 1.67. The number of rotatable bonds is 4. The molecule has 2 amide bonds. The van der Waals surface area contributed by atoms with E-state index in [-0.39, 0.29) is 23.7 Å². The van der Waals surface area contributed by atoms with Crippen molar-refractivity contribution >= 4 is 29.1 Å². The molecule has 0 bridgehead atoms. The van der Waals surface area contributed by atoms with Crippen molar-refractivity contribution in [3.05, 3.63) is 28.8 Å². The zero-order valence-corrected chi connectivity index (χ0v) is 11.1. The second-order valence-corrected chi connectivity index (χ2v) is 4.20. The first-order valence-corrected chi connectivity index (χ1v) is 5.91. The summed E-state index contributed by atoms with van der Waals surface area (Å²) in [6, 6.07) is 4.79. The molecule has 1 aromatic rings. The van der Waals surface area contributed by atoms with E-state index in [1.165, 1.54) is 4.90 Å². The van der Waals surface area contributed by atoms with E-state index in [9.17, 15) is 9.59 Å². The minimum Gasteiger partial charge on any atom is -0.397 e. The van der Waals surface area contributed by atoms with Crippen molar-refractivity contribution in [1.82, 2.24) is 10.2 Å². The average molecular weight is 270 g/mol. The Balaban J connectivity index is 2.67. The minimum atomic E-state index is -0.409. The molecule has 0 aliphatic rings. The molecule has 0 saturated carbocycles. The van der Waals surface area contributed by atoms with Gasteiger partial charge in [0.25, 0.3) is 5.91 Å². The quantitative estimate of drug-likeness (QED) is 0.805. The number of likely N-dealkylation sites (N-methyl/N-ethyl adjacent to an activating group) is 1. The molecule has 0 aliphatic heterocycles. The molecule has 0 radical (unpaired) electrons. The zero-order valence-electron chi connectivity index (χ0n) is 10.4. The van der Waals surface area contributed by atoms with Gasteiger partial charge in [0.05, 0.1) is 22.8 Å². The van der Waals surface area contributed by atoms with Crippen LogP contribution in [0.4, 0.5) is 5.69 Å². The Morgan fingerprint density at radius 2 is 2.11 bits per heavy atom. The minimum absolute atomic E-state index is 0.0604. The van der Waals surface area contributed by atoms with Crippen LogP contribution in [0.3, 0.4) is 0 Å². The van der Waals surface area contributed by atoms with Gasteiger partial charge in [-0.15, -0.1) is 0 Å². The smallest absolute Gasteiger partial charge is 0.253 e. The highest BCUT2D eigenvalue weighted by Crippen LogP contribution is 2.21. The molecule has 98 valence electrons. The number of para-hydroxylation sites is 1. The number of anilines is 1. The fourth-order valence-electron chi connectivity index (χ4n) is 1.30. The molecule has 0 aromatic heterocycles. The summed E-state index contributed by atoms with van der Waals surface area (Å²) in [4.78, 5) is 24.8. The largest absolute Gasteiger partial charge is 0.397 e. The van der Waals surface area contributed by atoms with E-state index in [0.29, 0.717) is 11.6 Å². The van der Waals surface area contributed by atoms with Crippen molar-refractivity contribution in [2.45, 2.75) is 6.92 Å². The maximum Gasteiger partial charge on any atom is 0.253 e. The highest BCUT2D eigenvalue weighted by molar-refractivity contribution is 6.33. The van der Waals surface area contributed by atoms with E-state index in [0.717, 1.165) is 0 Å². The van der Waals surface area contributed by atoms with Gasteiger partial charge in [0.15, 0.2) is 0 Å². The summed E-state index contributed by atoms with van der Waals surface area (Å²) in [5, 5.41) is 2.83. The maximum atomic E-state index is 11.8. The lowest BCUT2D eigenvalue weighted by molar-refractivity contribution is -0.128. The maximum absolute atomic E-state index is 11.8. The van der Waals surface area contributed by atoms with Crippen LogP contribution in [0.1, 0.15) is 17.3 Å². The van der Waals surface area contributed by atoms with E-state index in [1.807, 2.05) is 6.92 Å². The van der Waals surface area contributed by atoms with Crippen molar-refractivity contribution in [2.75, 3.05) is 25.9 Å². The fourth-order valence-corrected chi connectivity index (χ4v) is 1.47. The third kappa shape index (κ3) is 3.37. The number of carbonyl (C=O) groups excluding carboxylic acids is 2. The molecule has 1 rings (SSSR count). The number of benzene rings is 1. The van der Waals surface area contributed by atoms with E-state index in [4.69, 9.17) is 17.3 Å². The Labute approximate surface area is 111 Å². The molecule has 0 fully saturated rings. The Bertz CT molecular complexity index is 463. The third-order valence-corrected chi connectivity index (χ3v) is 2.93. The van der Waals surface area contributed by atoms with Gasteiger partial charge in [-0.2, -0.15) is 0 Å². The molecule has 6 heteroatoms. The number of nitrogens with one attached hydrogen (secondary N) is 1. The Morgan fingerprint density at radius 1 is 1.44 bits per heavy atom. The molecule has 0 aliphatic carbocycles. The SMILES string of the molecule is CCN(C)C(=O)CNC(=O)c1cccc(Cl)c1N. The van der Waals surface area contributed by atoms with Crippen LogP contribution in [0.15, 0.2) is 18.2 Å². The lowest BCUT2D eigenvalue weighted by atomic mass is 10.1. The van der Waals surface area contributed by atoms with Crippen LogP contribution in [-0.2, 0) is 4.79 Å². The number of amides is 2. The van der Waals surface area contributed by atoms with Gasteiger partial charge in [-0.1, -0.05) is 17.7 Å². The second kappa shape index (κ2) is 6.26. The van der Waals surface area contributed by atoms with Crippen LogP contribution < -0.4 is 11.1 Å². The highest BCUT2D eigenvalue weighted by Gasteiger charge is 2.13. The molecular weight excluding hydrogens is 254 g/mol. The average Bonchev–Trinajstić information content (AvgIpc) is 2.37. The Hall–Kier alpha value is -1.75. The predicted octanol–water partition coefficient (Wildman–Crippen LogP) is 1.13. The standard InChI is InChI=1S/C12H16ClN3O2/c1-3-16(2)10(17)7-15-12(18)8-5-4-6-9(13)11(8)14/h4-6H,3,7,14H2,1-2H3,(H,15,18). The monoisotopic (exact) mass is 269 g/mol. The normalized spacial score (nSPS) is 9.94. The van der Waals surface area contributed by atoms with E-state index < -0.39 is 5.91 Å². The van der Waals surface area contributed by atoms with Gasteiger partial charge in [-0.3, -0.25) is 9.59 Å². The van der Waals surface area contributed by atoms with Crippen LogP contribution in [0.2, 0.25) is 5.02 Å². The molecule has 0 saturated heterocycles. The van der Waals surface area contributed by atoms with Crippen LogP contribution in [-0.4, -0.2) is 36.9 Å². The number of nitrogens with two attached hydrogens (primary N) is 1. The summed E-state index contributed by atoms with van der Waals surface area (Å²) >= 11 is 5.81. The number of halogens is 1. The van der Waals surface area contributed by atoms with Crippen molar-refractivity contribution in [3.63, 3.8) is 0 Å². The summed E-state index contributed by atoms with van der Waals surface area (Å²) in [6.07, 6.45) is 0. The number of hydrogen-bond acceptors (Lipinski definition) is 3. The van der Waals surface area contributed by atoms with Crippen LogP contribution in [0.25, 0.3) is 0 Å². The first-order valence-electron chi connectivity index (χ1n) is 5.53. The summed E-state index contributed by atoms with van der Waals surface area (Å²) in [6.45, 7) is 2.39. The van der Waals surface area contributed by atoms with Crippen LogP contribution in [0.5, 0.6) is 0 Å². The number of carbonyl (C=O) groups is 2. The first-order chi connectivity index (χ1) is 8.47. The van der Waals surface area contributed by atoms with E-state index in [1.54, 1.807) is 25.2 Å². The van der Waals surface area contributed by atoms with E-state index >= 15 is 0 Å². The van der Waals surface area contributed by atoms with Crippen LogP contribution in [0, 0.1) is 0 Å². The van der Waals surface area contributed by atoms with Crippen molar-refractivity contribution in [3.8, 4) is 0 Å². The van der Waals surface area contributed by atoms with Crippen molar-refractivity contribution in [1.29, 1.82) is 0 Å². The summed E-state index contributed by atoms with van der Waals surface area (Å²) in [5.41, 5.74) is 6.18. The molecule has 1 aromatic carbocycles. The Kier molecular flexibility index (Phi) is 4.97. The predicted molar refractivity (Wildman–Crippen MR) is 71.5 cm³/mol. The lowest BCUT2D eigenvalue weighted by Gasteiger charge is -2.15. The molecular formula is C12H16ClN3O2. The van der Waals surface area contributed by atoms with Gasteiger partial charge < -0.3 is 16.0 Å². The van der Waals surface area contributed by atoms with Gasteiger partial charge in [0.2, 0.25) is 5.91 Å². The molecule has 0 unspecified atom stereocenters. The Morgan fingerprint density at radius 3 is 2.72 bits per heavy atom. The van der Waals surface area contributed by atoms with Gasteiger partial charge in [0, 0.05) is 13.6 Å². The van der Waals surface area contributed by atoms with Gasteiger partial charge >= 0.3 is 0 Å². The number of nitrogen functional groups attached to an aromatic ring is 1. The second-order valence-electron chi connectivity index (χ2n) is 3.79. The van der Waals surface area contributed by atoms with Crippen molar-refractivity contribution in [2.24, 2.45) is 0 Å². The van der Waals surface area contributed by atoms with Crippen molar-refractivity contribution < 1.29 is 9.59 Å². The number of hydrogen-bond donors (Lipinski definition) is 2. The van der Waals surface area contributed by atoms with E-state index in [2.05, 4.69) is 5.32 Å². The zero-order chi connectivity index (χ0) is 13.7. The molecule has 18 heavy (non-hydrogen) atoms. The topological polar surface area (TPSA) is 75.4 Å². The first kappa shape index (κ1) is 14.3. The van der Waals surface area contributed by atoms with Crippen LogP contribution >= 0.6 is 11.6 Å². The van der Waals surface area contributed by atoms with Gasteiger partial charge in [-0.25, -0.2) is 0 Å². The summed E-state index contributed by atoms with van der Waals surface area (Å²) < 4.78 is 0. The number of nitrogens with zero attached hydrogens (tertiary/aromatic N) is 1. The molecule has 3 N–H and O–H groups in total.